The molecule has 0 saturated heterocycles. The maximum Gasteiger partial charge on any atom is 0.408 e. The van der Waals surface area contributed by atoms with Gasteiger partial charge in [0.25, 0.3) is 0 Å². The Morgan fingerprint density at radius 1 is 1.25 bits per heavy atom. The molecule has 2 amide bonds. The molecule has 1 fully saturated rings. The molecular formula is C24H36N2O6. The molecule has 8 nitrogen and oxygen atoms in total. The van der Waals surface area contributed by atoms with Crippen LogP contribution in [0.4, 0.5) is 4.79 Å². The highest BCUT2D eigenvalue weighted by Crippen LogP contribution is 2.35. The molecule has 2 aliphatic heterocycles. The molecule has 4 bridgehead atoms. The maximum atomic E-state index is 13.1. The molecule has 4 rings (SSSR count). The Hall–Kier alpha value is -2.48. The number of amides is 2. The lowest BCUT2D eigenvalue weighted by Crippen LogP contribution is -2.52. The summed E-state index contributed by atoms with van der Waals surface area (Å²) in [6, 6.07) is 4.45. The number of hydrogen-bond donors (Lipinski definition) is 3. The topological polar surface area (TPSA) is 106 Å². The highest BCUT2D eigenvalue weighted by Gasteiger charge is 2.32. The first-order valence-electron chi connectivity index (χ1n) is 11.4. The summed E-state index contributed by atoms with van der Waals surface area (Å²) < 4.78 is 17.1. The van der Waals surface area contributed by atoms with Crippen molar-refractivity contribution in [3.05, 3.63) is 23.8 Å². The first-order valence-corrected chi connectivity index (χ1v) is 11.4. The molecule has 1 aliphatic carbocycles. The molecule has 3 aliphatic rings. The van der Waals surface area contributed by atoms with Crippen molar-refractivity contribution >= 4 is 12.0 Å². The fraction of sp³-hybridized carbons (Fsp3) is 0.667. The third-order valence-corrected chi connectivity index (χ3v) is 5.94. The molecule has 8 heteroatoms. The summed E-state index contributed by atoms with van der Waals surface area (Å²) in [7, 11) is 1.62. The Balaban J connectivity index is 1.83. The van der Waals surface area contributed by atoms with E-state index in [1.165, 1.54) is 0 Å². The van der Waals surface area contributed by atoms with Gasteiger partial charge in [0, 0.05) is 0 Å². The first-order chi connectivity index (χ1) is 15.2. The SMILES string of the molecule is COc1ccc2cc1OC1CCC(CC1)C[C@H](NC(=O)OC(C)(C)C)C(=O)N[C@H](CO)C2. The van der Waals surface area contributed by atoms with Gasteiger partial charge in [0.15, 0.2) is 11.5 Å². The molecule has 178 valence electrons. The summed E-state index contributed by atoms with van der Waals surface area (Å²) in [4.78, 5) is 25.5. The highest BCUT2D eigenvalue weighted by atomic mass is 16.6. The monoisotopic (exact) mass is 448 g/mol. The Morgan fingerprint density at radius 3 is 2.59 bits per heavy atom. The van der Waals surface area contributed by atoms with Crippen molar-refractivity contribution in [1.82, 2.24) is 10.6 Å². The van der Waals surface area contributed by atoms with Crippen LogP contribution in [-0.2, 0) is 16.0 Å². The van der Waals surface area contributed by atoms with Crippen LogP contribution in [0.1, 0.15) is 58.4 Å². The van der Waals surface area contributed by atoms with Crippen LogP contribution in [0.15, 0.2) is 18.2 Å². The van der Waals surface area contributed by atoms with E-state index in [0.29, 0.717) is 24.3 Å². The molecule has 2 heterocycles. The van der Waals surface area contributed by atoms with E-state index in [1.54, 1.807) is 27.9 Å². The molecule has 1 aromatic carbocycles. The molecular weight excluding hydrogens is 412 g/mol. The van der Waals surface area contributed by atoms with Gasteiger partial charge in [-0.25, -0.2) is 4.79 Å². The summed E-state index contributed by atoms with van der Waals surface area (Å²) in [5, 5.41) is 15.5. The Morgan fingerprint density at radius 2 is 1.97 bits per heavy atom. The average molecular weight is 449 g/mol. The van der Waals surface area contributed by atoms with Crippen molar-refractivity contribution in [3.8, 4) is 11.5 Å². The van der Waals surface area contributed by atoms with Gasteiger partial charge in [0.2, 0.25) is 5.91 Å². The van der Waals surface area contributed by atoms with E-state index in [4.69, 9.17) is 14.2 Å². The second kappa shape index (κ2) is 10.4. The number of hydrogen-bond acceptors (Lipinski definition) is 6. The lowest BCUT2D eigenvalue weighted by Gasteiger charge is -2.32. The maximum absolute atomic E-state index is 13.1. The second-order valence-electron chi connectivity index (χ2n) is 9.77. The number of aliphatic hydroxyl groups is 1. The quantitative estimate of drug-likeness (QED) is 0.657. The molecule has 0 unspecified atom stereocenters. The zero-order chi connectivity index (χ0) is 23.3. The van der Waals surface area contributed by atoms with E-state index in [-0.39, 0.29) is 24.5 Å². The number of nitrogens with one attached hydrogen (secondary N) is 2. The number of alkyl carbamates (subject to hydrolysis) is 1. The fourth-order valence-electron chi connectivity index (χ4n) is 4.37. The summed E-state index contributed by atoms with van der Waals surface area (Å²) >= 11 is 0. The summed E-state index contributed by atoms with van der Waals surface area (Å²) in [5.41, 5.74) is 0.263. The van der Waals surface area contributed by atoms with Crippen molar-refractivity contribution in [2.45, 2.75) is 83.1 Å². The molecule has 0 aromatic heterocycles. The first kappa shape index (κ1) is 24.2. The van der Waals surface area contributed by atoms with E-state index in [0.717, 1.165) is 31.2 Å². The van der Waals surface area contributed by atoms with Crippen LogP contribution in [0, 0.1) is 5.92 Å². The summed E-state index contributed by atoms with van der Waals surface area (Å²) in [6.45, 7) is 5.13. The number of ether oxygens (including phenoxy) is 3. The Labute approximate surface area is 190 Å². The minimum atomic E-state index is -0.726. The molecule has 0 radical (unpaired) electrons. The zero-order valence-corrected chi connectivity index (χ0v) is 19.5. The van der Waals surface area contributed by atoms with Gasteiger partial charge in [-0.1, -0.05) is 6.07 Å². The molecule has 1 saturated carbocycles. The van der Waals surface area contributed by atoms with Crippen molar-refractivity contribution in [3.63, 3.8) is 0 Å². The van der Waals surface area contributed by atoms with Crippen molar-refractivity contribution < 1.29 is 28.9 Å². The number of carbonyl (C=O) groups is 2. The van der Waals surface area contributed by atoms with Gasteiger partial charge < -0.3 is 30.0 Å². The van der Waals surface area contributed by atoms with Crippen LogP contribution >= 0.6 is 0 Å². The number of fused-ring (bicyclic) bond motifs is 7. The lowest BCUT2D eigenvalue weighted by molar-refractivity contribution is -0.124. The number of rotatable bonds is 3. The van der Waals surface area contributed by atoms with Crippen molar-refractivity contribution in [2.75, 3.05) is 13.7 Å². The molecule has 32 heavy (non-hydrogen) atoms. The molecule has 2 atom stereocenters. The van der Waals surface area contributed by atoms with E-state index < -0.39 is 23.8 Å². The minimum absolute atomic E-state index is 0.0815. The number of benzene rings is 1. The average Bonchev–Trinajstić information content (AvgIpc) is 2.72. The van der Waals surface area contributed by atoms with Crippen LogP contribution in [0.2, 0.25) is 0 Å². The van der Waals surface area contributed by atoms with Gasteiger partial charge in [-0.05, 0) is 82.9 Å². The van der Waals surface area contributed by atoms with Crippen molar-refractivity contribution in [2.24, 2.45) is 5.92 Å². The van der Waals surface area contributed by atoms with Gasteiger partial charge in [0.05, 0.1) is 25.9 Å². The minimum Gasteiger partial charge on any atom is -0.493 e. The van der Waals surface area contributed by atoms with E-state index in [9.17, 15) is 14.7 Å². The van der Waals surface area contributed by atoms with E-state index in [2.05, 4.69) is 10.6 Å². The van der Waals surface area contributed by atoms with Crippen LogP contribution in [-0.4, -0.2) is 54.6 Å². The van der Waals surface area contributed by atoms with Gasteiger partial charge in [0.1, 0.15) is 11.6 Å². The smallest absolute Gasteiger partial charge is 0.408 e. The van der Waals surface area contributed by atoms with Crippen LogP contribution in [0.3, 0.4) is 0 Å². The lowest BCUT2D eigenvalue weighted by atomic mass is 9.83. The number of methoxy groups -OCH3 is 1. The number of aliphatic hydroxyl groups excluding tert-OH is 1. The summed E-state index contributed by atoms with van der Waals surface area (Å²) in [6.07, 6.45) is 3.96. The Kier molecular flexibility index (Phi) is 7.87. The van der Waals surface area contributed by atoms with Gasteiger partial charge in [-0.2, -0.15) is 0 Å². The molecule has 0 spiro atoms. The van der Waals surface area contributed by atoms with Gasteiger partial charge >= 0.3 is 6.09 Å². The van der Waals surface area contributed by atoms with Gasteiger partial charge in [-0.3, -0.25) is 4.79 Å². The number of carbonyl (C=O) groups excluding carboxylic acids is 2. The fourth-order valence-corrected chi connectivity index (χ4v) is 4.37. The van der Waals surface area contributed by atoms with E-state index in [1.807, 2.05) is 18.2 Å². The van der Waals surface area contributed by atoms with Crippen LogP contribution in [0.5, 0.6) is 11.5 Å². The molecule has 3 N–H and O–H groups in total. The van der Waals surface area contributed by atoms with E-state index >= 15 is 0 Å². The Bertz CT molecular complexity index is 798. The zero-order valence-electron chi connectivity index (χ0n) is 19.5. The highest BCUT2D eigenvalue weighted by molar-refractivity contribution is 5.86. The molecule has 1 aromatic rings. The second-order valence-corrected chi connectivity index (χ2v) is 9.77. The van der Waals surface area contributed by atoms with Gasteiger partial charge in [-0.15, -0.1) is 0 Å². The predicted molar refractivity (Wildman–Crippen MR) is 120 cm³/mol. The van der Waals surface area contributed by atoms with Crippen LogP contribution < -0.4 is 20.1 Å². The van der Waals surface area contributed by atoms with Crippen LogP contribution in [0.25, 0.3) is 0 Å². The normalized spacial score (nSPS) is 26.3. The third-order valence-electron chi connectivity index (χ3n) is 5.94. The predicted octanol–water partition coefficient (Wildman–Crippen LogP) is 2.95. The summed E-state index contributed by atoms with van der Waals surface area (Å²) in [5.74, 6) is 1.34. The largest absolute Gasteiger partial charge is 0.493 e. The standard InChI is InChI=1S/C24H36N2O6/c1-24(2,3)32-23(29)26-19-12-15-5-8-18(9-6-15)31-21-13-16(7-10-20(21)30-4)11-17(14-27)25-22(19)28/h7,10,13,15,17-19,27H,5-6,8-9,11-12,14H2,1-4H3,(H,25,28)(H,26,29)/t15?,17-,18?,19-/m0/s1. The third kappa shape index (κ3) is 6.76. The van der Waals surface area contributed by atoms with Crippen molar-refractivity contribution in [1.29, 1.82) is 0 Å².